The van der Waals surface area contributed by atoms with Gasteiger partial charge in [0.2, 0.25) is 0 Å². The summed E-state index contributed by atoms with van der Waals surface area (Å²) >= 11 is 0. The number of aryl methyl sites for hydroxylation is 1. The molecule has 0 aliphatic heterocycles. The van der Waals surface area contributed by atoms with Crippen molar-refractivity contribution in [3.05, 3.63) is 23.0 Å². The van der Waals surface area contributed by atoms with Crippen LogP contribution < -0.4 is 0 Å². The zero-order valence-electron chi connectivity index (χ0n) is 10.4. The lowest BCUT2D eigenvalue weighted by molar-refractivity contribution is -0.140. The summed E-state index contributed by atoms with van der Waals surface area (Å²) in [4.78, 5) is 11.3. The zero-order valence-corrected chi connectivity index (χ0v) is 10.4. The van der Waals surface area contributed by atoms with Gasteiger partial charge in [0.1, 0.15) is 0 Å². The van der Waals surface area contributed by atoms with Gasteiger partial charge in [-0.25, -0.2) is 0 Å². The molecule has 3 nitrogen and oxygen atoms in total. The number of nitrogens with zero attached hydrogens (tertiary/aromatic N) is 1. The van der Waals surface area contributed by atoms with Crippen molar-refractivity contribution in [2.45, 2.75) is 52.0 Å². The summed E-state index contributed by atoms with van der Waals surface area (Å²) in [6.45, 7) is 8.34. The van der Waals surface area contributed by atoms with E-state index in [0.29, 0.717) is 6.04 Å². The molecule has 1 aromatic heterocycles. The summed E-state index contributed by atoms with van der Waals surface area (Å²) in [5.74, 6) is -0.670. The van der Waals surface area contributed by atoms with Crippen LogP contribution >= 0.6 is 0 Å². The van der Waals surface area contributed by atoms with E-state index in [4.69, 9.17) is 0 Å². The molecule has 0 unspecified atom stereocenters. The molecule has 0 atom stereocenters. The van der Waals surface area contributed by atoms with Gasteiger partial charge >= 0.3 is 5.97 Å². The number of carboxylic acids is 1. The molecule has 0 radical (unpaired) electrons. The molecule has 2 rings (SSSR count). The van der Waals surface area contributed by atoms with Crippen LogP contribution in [0.25, 0.3) is 0 Å². The fourth-order valence-corrected chi connectivity index (χ4v) is 2.78. The van der Waals surface area contributed by atoms with Crippen molar-refractivity contribution >= 4 is 5.97 Å². The van der Waals surface area contributed by atoms with E-state index in [0.717, 1.165) is 29.8 Å². The summed E-state index contributed by atoms with van der Waals surface area (Å²) in [5.41, 5.74) is 2.73. The maximum Gasteiger partial charge on any atom is 0.314 e. The first-order chi connectivity index (χ1) is 7.40. The molecule has 1 heterocycles. The number of hydrogen-bond acceptors (Lipinski definition) is 1. The van der Waals surface area contributed by atoms with Gasteiger partial charge in [0.05, 0.1) is 5.41 Å². The molecule has 0 saturated heterocycles. The fourth-order valence-electron chi connectivity index (χ4n) is 2.78. The molecule has 0 spiro atoms. The van der Waals surface area contributed by atoms with Crippen LogP contribution in [0.15, 0.2) is 6.07 Å². The predicted molar refractivity (Wildman–Crippen MR) is 62.8 cm³/mol. The second kappa shape index (κ2) is 3.37. The van der Waals surface area contributed by atoms with Gasteiger partial charge in [-0.3, -0.25) is 4.79 Å². The third-order valence-corrected chi connectivity index (χ3v) is 3.68. The van der Waals surface area contributed by atoms with E-state index in [1.54, 1.807) is 0 Å². The minimum atomic E-state index is -0.670. The lowest BCUT2D eigenvalue weighted by Crippen LogP contribution is -2.20. The average Bonchev–Trinajstić information content (AvgIpc) is 2.89. The molecule has 0 aromatic carbocycles. The zero-order chi connectivity index (χ0) is 12.1. The average molecular weight is 221 g/mol. The first-order valence-corrected chi connectivity index (χ1v) is 5.82. The molecule has 0 amide bonds. The van der Waals surface area contributed by atoms with Crippen molar-refractivity contribution in [2.24, 2.45) is 0 Å². The standard InChI is InChI=1S/C13H19NO2/c1-8(2)14-9(3)7-11(10(14)4)13(5-6-13)12(15)16/h7-8H,5-6H2,1-4H3,(H,15,16). The Morgan fingerprint density at radius 2 is 2.00 bits per heavy atom. The van der Waals surface area contributed by atoms with E-state index < -0.39 is 11.4 Å². The minimum Gasteiger partial charge on any atom is -0.481 e. The van der Waals surface area contributed by atoms with Crippen molar-refractivity contribution in [3.8, 4) is 0 Å². The van der Waals surface area contributed by atoms with Crippen molar-refractivity contribution in [1.82, 2.24) is 4.57 Å². The third kappa shape index (κ3) is 1.38. The highest BCUT2D eigenvalue weighted by Gasteiger charge is 2.53. The molecule has 1 aromatic rings. The first-order valence-electron chi connectivity index (χ1n) is 5.82. The maximum atomic E-state index is 11.3. The molecule has 1 aliphatic carbocycles. The van der Waals surface area contributed by atoms with Crippen molar-refractivity contribution in [2.75, 3.05) is 0 Å². The van der Waals surface area contributed by atoms with E-state index in [9.17, 15) is 9.90 Å². The number of carbonyl (C=O) groups is 1. The van der Waals surface area contributed by atoms with E-state index >= 15 is 0 Å². The van der Waals surface area contributed by atoms with Gasteiger partial charge < -0.3 is 9.67 Å². The van der Waals surface area contributed by atoms with Gasteiger partial charge in [-0.2, -0.15) is 0 Å². The number of aliphatic carboxylic acids is 1. The van der Waals surface area contributed by atoms with Crippen LogP contribution in [0.2, 0.25) is 0 Å². The summed E-state index contributed by atoms with van der Waals surface area (Å²) in [6, 6.07) is 2.44. The highest BCUT2D eigenvalue weighted by molar-refractivity contribution is 5.85. The predicted octanol–water partition coefficient (Wildman–Crippen LogP) is 2.80. The molecule has 1 fully saturated rings. The van der Waals surface area contributed by atoms with Crippen molar-refractivity contribution in [3.63, 3.8) is 0 Å². The molecule has 3 heteroatoms. The minimum absolute atomic E-state index is 0.387. The lowest BCUT2D eigenvalue weighted by atomic mass is 9.96. The largest absolute Gasteiger partial charge is 0.481 e. The molecular formula is C13H19NO2. The normalized spacial score (nSPS) is 17.8. The fraction of sp³-hybridized carbons (Fsp3) is 0.615. The van der Waals surface area contributed by atoms with Crippen LogP contribution in [0.4, 0.5) is 0 Å². The molecule has 88 valence electrons. The topological polar surface area (TPSA) is 42.2 Å². The molecule has 16 heavy (non-hydrogen) atoms. The Morgan fingerprint density at radius 1 is 1.44 bits per heavy atom. The first kappa shape index (κ1) is 11.2. The van der Waals surface area contributed by atoms with Crippen LogP contribution in [0, 0.1) is 13.8 Å². The number of carboxylic acid groups (broad SMARTS) is 1. The van der Waals surface area contributed by atoms with Gasteiger partial charge in [-0.05, 0) is 52.2 Å². The molecule has 1 saturated carbocycles. The molecular weight excluding hydrogens is 202 g/mol. The Kier molecular flexibility index (Phi) is 2.37. The molecule has 1 N–H and O–H groups in total. The summed E-state index contributed by atoms with van der Waals surface area (Å²) in [7, 11) is 0. The smallest absolute Gasteiger partial charge is 0.314 e. The second-order valence-electron chi connectivity index (χ2n) is 5.14. The highest BCUT2D eigenvalue weighted by Crippen LogP contribution is 2.50. The maximum absolute atomic E-state index is 11.3. The van der Waals surface area contributed by atoms with Crippen molar-refractivity contribution in [1.29, 1.82) is 0 Å². The van der Waals surface area contributed by atoms with Gasteiger partial charge in [-0.1, -0.05) is 0 Å². The van der Waals surface area contributed by atoms with Gasteiger partial charge in [0, 0.05) is 17.4 Å². The Morgan fingerprint density at radius 3 is 2.31 bits per heavy atom. The van der Waals surface area contributed by atoms with Crippen LogP contribution in [-0.2, 0) is 10.2 Å². The Balaban J connectivity index is 2.52. The number of aromatic nitrogens is 1. The Bertz CT molecular complexity index is 439. The van der Waals surface area contributed by atoms with Gasteiger partial charge in [-0.15, -0.1) is 0 Å². The van der Waals surface area contributed by atoms with E-state index in [1.165, 1.54) is 0 Å². The summed E-state index contributed by atoms with van der Waals surface area (Å²) < 4.78 is 2.22. The SMILES string of the molecule is Cc1cc(C2(C(=O)O)CC2)c(C)n1C(C)C. The second-order valence-corrected chi connectivity index (χ2v) is 5.14. The van der Waals surface area contributed by atoms with Crippen LogP contribution in [0.3, 0.4) is 0 Å². The van der Waals surface area contributed by atoms with Gasteiger partial charge in [0.25, 0.3) is 0 Å². The van der Waals surface area contributed by atoms with E-state index in [1.807, 2.05) is 6.92 Å². The highest BCUT2D eigenvalue weighted by atomic mass is 16.4. The van der Waals surface area contributed by atoms with Gasteiger partial charge in [0.15, 0.2) is 0 Å². The Hall–Kier alpha value is -1.25. The quantitative estimate of drug-likeness (QED) is 0.852. The van der Waals surface area contributed by atoms with E-state index in [2.05, 4.69) is 31.4 Å². The Labute approximate surface area is 96.1 Å². The van der Waals surface area contributed by atoms with Crippen LogP contribution in [0.5, 0.6) is 0 Å². The molecule has 1 aliphatic rings. The third-order valence-electron chi connectivity index (χ3n) is 3.68. The van der Waals surface area contributed by atoms with Crippen molar-refractivity contribution < 1.29 is 9.90 Å². The summed E-state index contributed by atoms with van der Waals surface area (Å²) in [6.07, 6.45) is 1.56. The van der Waals surface area contributed by atoms with Crippen LogP contribution in [0.1, 0.15) is 49.7 Å². The number of rotatable bonds is 3. The lowest BCUT2D eigenvalue weighted by Gasteiger charge is -2.15. The van der Waals surface area contributed by atoms with Crippen LogP contribution in [-0.4, -0.2) is 15.6 Å². The summed E-state index contributed by atoms with van der Waals surface area (Å²) in [5, 5.41) is 9.31. The monoisotopic (exact) mass is 221 g/mol. The van der Waals surface area contributed by atoms with E-state index in [-0.39, 0.29) is 0 Å². The molecule has 0 bridgehead atoms. The number of hydrogen-bond donors (Lipinski definition) is 1.